The second-order valence-electron chi connectivity index (χ2n) is 6.17. The fourth-order valence-electron chi connectivity index (χ4n) is 2.88. The number of aromatic nitrogens is 3. The third-order valence-corrected chi connectivity index (χ3v) is 4.44. The van der Waals surface area contributed by atoms with Crippen molar-refractivity contribution in [3.8, 4) is 17.3 Å². The van der Waals surface area contributed by atoms with E-state index < -0.39 is 0 Å². The lowest BCUT2D eigenvalue weighted by molar-refractivity contribution is 0.0988. The summed E-state index contributed by atoms with van der Waals surface area (Å²) >= 11 is 0. The number of nitrogens with zero attached hydrogens (tertiary/aromatic N) is 5. The molecule has 0 aliphatic rings. The zero-order chi connectivity index (χ0) is 19.7. The van der Waals surface area contributed by atoms with Gasteiger partial charge >= 0.3 is 0 Å². The number of nitriles is 1. The number of rotatable bonds is 3. The van der Waals surface area contributed by atoms with Gasteiger partial charge in [-0.2, -0.15) is 5.26 Å². The van der Waals surface area contributed by atoms with E-state index in [1.54, 1.807) is 60.2 Å². The number of imidazole rings is 1. The molecule has 0 saturated carbocycles. The average Bonchev–Trinajstić information content (AvgIpc) is 3.16. The van der Waals surface area contributed by atoms with Crippen LogP contribution in [0.1, 0.15) is 16.1 Å². The van der Waals surface area contributed by atoms with E-state index in [0.717, 1.165) is 11.3 Å². The summed E-state index contributed by atoms with van der Waals surface area (Å²) in [6, 6.07) is 14.8. The second-order valence-corrected chi connectivity index (χ2v) is 6.17. The van der Waals surface area contributed by atoms with Crippen LogP contribution in [0, 0.1) is 17.1 Å². The van der Waals surface area contributed by atoms with Crippen LogP contribution in [0.3, 0.4) is 0 Å². The van der Waals surface area contributed by atoms with Crippen LogP contribution in [0.15, 0.2) is 67.1 Å². The Morgan fingerprint density at radius 3 is 2.46 bits per heavy atom. The highest BCUT2D eigenvalue weighted by Crippen LogP contribution is 2.22. The molecule has 0 spiro atoms. The molecule has 7 heteroatoms. The second kappa shape index (κ2) is 6.93. The Kier molecular flexibility index (Phi) is 4.30. The molecule has 136 valence electrons. The topological polar surface area (TPSA) is 74.3 Å². The third kappa shape index (κ3) is 3.08. The number of hydrogen-bond donors (Lipinski definition) is 0. The average molecular weight is 371 g/mol. The van der Waals surface area contributed by atoms with Crippen molar-refractivity contribution in [2.45, 2.75) is 0 Å². The van der Waals surface area contributed by atoms with Crippen LogP contribution in [-0.2, 0) is 0 Å². The van der Waals surface area contributed by atoms with Crippen molar-refractivity contribution in [3.05, 3.63) is 84.2 Å². The molecule has 2 heterocycles. The molecule has 2 aromatic heterocycles. The van der Waals surface area contributed by atoms with Gasteiger partial charge in [0.25, 0.3) is 5.91 Å². The van der Waals surface area contributed by atoms with Crippen molar-refractivity contribution in [1.82, 2.24) is 14.4 Å². The third-order valence-electron chi connectivity index (χ3n) is 4.44. The lowest BCUT2D eigenvalue weighted by Crippen LogP contribution is -2.27. The number of fused-ring (bicyclic) bond motifs is 1. The highest BCUT2D eigenvalue weighted by molar-refractivity contribution is 6.04. The van der Waals surface area contributed by atoms with Gasteiger partial charge in [0.1, 0.15) is 11.5 Å². The Labute approximate surface area is 160 Å². The minimum absolute atomic E-state index is 0.237. The van der Waals surface area contributed by atoms with Gasteiger partial charge in [-0.25, -0.2) is 14.4 Å². The van der Waals surface area contributed by atoms with Crippen LogP contribution < -0.4 is 4.90 Å². The molecule has 0 radical (unpaired) electrons. The van der Waals surface area contributed by atoms with E-state index >= 15 is 0 Å². The Hall–Kier alpha value is -4.05. The van der Waals surface area contributed by atoms with Gasteiger partial charge in [0, 0.05) is 24.5 Å². The molecule has 0 unspecified atom stereocenters. The van der Waals surface area contributed by atoms with Crippen LogP contribution in [0.25, 0.3) is 16.9 Å². The van der Waals surface area contributed by atoms with Gasteiger partial charge < -0.3 is 4.90 Å². The van der Waals surface area contributed by atoms with Gasteiger partial charge in [-0.1, -0.05) is 0 Å². The first-order valence-electron chi connectivity index (χ1n) is 8.44. The highest BCUT2D eigenvalue weighted by atomic mass is 19.1. The summed E-state index contributed by atoms with van der Waals surface area (Å²) in [5.74, 6) is -0.621. The molecule has 4 aromatic rings. The number of amides is 1. The van der Waals surface area contributed by atoms with Crippen molar-refractivity contribution in [1.29, 1.82) is 5.26 Å². The number of anilines is 1. The molecular formula is C21H14FN5O. The molecule has 28 heavy (non-hydrogen) atoms. The lowest BCUT2D eigenvalue weighted by Gasteiger charge is -2.17. The van der Waals surface area contributed by atoms with Gasteiger partial charge in [0.05, 0.1) is 29.7 Å². The van der Waals surface area contributed by atoms with E-state index in [1.807, 2.05) is 6.07 Å². The molecule has 0 bridgehead atoms. The van der Waals surface area contributed by atoms with E-state index in [4.69, 9.17) is 5.26 Å². The first-order chi connectivity index (χ1) is 13.6. The minimum atomic E-state index is -0.320. The zero-order valence-corrected chi connectivity index (χ0v) is 14.9. The number of benzene rings is 2. The molecule has 2 aromatic carbocycles. The maximum absolute atomic E-state index is 13.2. The molecule has 0 atom stereocenters. The number of halogens is 1. The van der Waals surface area contributed by atoms with Crippen LogP contribution >= 0.6 is 0 Å². The van der Waals surface area contributed by atoms with Crippen molar-refractivity contribution >= 4 is 17.2 Å². The van der Waals surface area contributed by atoms with Gasteiger partial charge in [0.2, 0.25) is 0 Å². The summed E-state index contributed by atoms with van der Waals surface area (Å²) in [5, 5.41) is 8.90. The first kappa shape index (κ1) is 17.4. The Morgan fingerprint density at radius 1 is 1.07 bits per heavy atom. The Balaban J connectivity index is 1.70. The smallest absolute Gasteiger partial charge is 0.278 e. The van der Waals surface area contributed by atoms with Crippen LogP contribution in [-0.4, -0.2) is 27.3 Å². The molecule has 0 saturated heterocycles. The molecule has 0 aliphatic heterocycles. The largest absolute Gasteiger partial charge is 0.310 e. The molecule has 0 N–H and O–H groups in total. The molecule has 0 aliphatic carbocycles. The SMILES string of the molecule is CN(C(=O)c1cn2c(-c3ccc(F)cc3)cnc2cn1)c1ccc(C#N)cc1. The molecule has 1 amide bonds. The van der Waals surface area contributed by atoms with Crippen LogP contribution in [0.5, 0.6) is 0 Å². The minimum Gasteiger partial charge on any atom is -0.310 e. The normalized spacial score (nSPS) is 10.6. The standard InChI is InChI=1S/C21H14FN5O/c1-26(17-8-2-14(10-23)3-9-17)21(28)18-13-27-19(11-25-20(27)12-24-18)15-4-6-16(22)7-5-15/h2-9,11-13H,1H3. The number of hydrogen-bond acceptors (Lipinski definition) is 4. The summed E-state index contributed by atoms with van der Waals surface area (Å²) in [6.45, 7) is 0. The lowest BCUT2D eigenvalue weighted by atomic mass is 10.1. The predicted octanol–water partition coefficient (Wildman–Crippen LogP) is 3.68. The summed E-state index contributed by atoms with van der Waals surface area (Å²) < 4.78 is 15.0. The van der Waals surface area contributed by atoms with Gasteiger partial charge in [-0.15, -0.1) is 0 Å². The Morgan fingerprint density at radius 2 is 1.79 bits per heavy atom. The molecule has 0 fully saturated rings. The zero-order valence-electron chi connectivity index (χ0n) is 14.9. The van der Waals surface area contributed by atoms with E-state index in [2.05, 4.69) is 9.97 Å². The summed E-state index contributed by atoms with van der Waals surface area (Å²) in [5.41, 5.74) is 3.49. The number of carbonyl (C=O) groups excluding carboxylic acids is 1. The molecule has 4 rings (SSSR count). The van der Waals surface area contributed by atoms with Crippen molar-refractivity contribution in [2.75, 3.05) is 11.9 Å². The quantitative estimate of drug-likeness (QED) is 0.551. The van der Waals surface area contributed by atoms with E-state index in [-0.39, 0.29) is 17.4 Å². The summed E-state index contributed by atoms with van der Waals surface area (Å²) in [4.78, 5) is 22.8. The molecule has 6 nitrogen and oxygen atoms in total. The van der Waals surface area contributed by atoms with Gasteiger partial charge in [-0.05, 0) is 48.5 Å². The Bertz CT molecular complexity index is 1210. The van der Waals surface area contributed by atoms with Crippen LogP contribution in [0.2, 0.25) is 0 Å². The van der Waals surface area contributed by atoms with E-state index in [9.17, 15) is 9.18 Å². The van der Waals surface area contributed by atoms with Crippen molar-refractivity contribution in [3.63, 3.8) is 0 Å². The van der Waals surface area contributed by atoms with Crippen LogP contribution in [0.4, 0.5) is 10.1 Å². The summed E-state index contributed by atoms with van der Waals surface area (Å²) in [6.07, 6.45) is 4.79. The van der Waals surface area contributed by atoms with E-state index in [1.165, 1.54) is 23.2 Å². The van der Waals surface area contributed by atoms with Crippen molar-refractivity contribution in [2.24, 2.45) is 0 Å². The fourth-order valence-corrected chi connectivity index (χ4v) is 2.88. The fraction of sp³-hybridized carbons (Fsp3) is 0.0476. The maximum atomic E-state index is 13.2. The van der Waals surface area contributed by atoms with Gasteiger partial charge in [0.15, 0.2) is 5.65 Å². The predicted molar refractivity (Wildman–Crippen MR) is 102 cm³/mol. The molecular weight excluding hydrogens is 357 g/mol. The van der Waals surface area contributed by atoms with Crippen molar-refractivity contribution < 1.29 is 9.18 Å². The summed E-state index contributed by atoms with van der Waals surface area (Å²) in [7, 11) is 1.64. The number of carbonyl (C=O) groups is 1. The first-order valence-corrected chi connectivity index (χ1v) is 8.44. The monoisotopic (exact) mass is 371 g/mol. The van der Waals surface area contributed by atoms with Gasteiger partial charge in [-0.3, -0.25) is 9.20 Å². The van der Waals surface area contributed by atoms with E-state index in [0.29, 0.717) is 16.9 Å². The maximum Gasteiger partial charge on any atom is 0.278 e. The highest BCUT2D eigenvalue weighted by Gasteiger charge is 2.17.